The molecule has 1 heterocycles. The van der Waals surface area contributed by atoms with Crippen molar-refractivity contribution in [2.24, 2.45) is 0 Å². The fourth-order valence-corrected chi connectivity index (χ4v) is 4.58. The van der Waals surface area contributed by atoms with Crippen molar-refractivity contribution < 1.29 is 8.42 Å². The minimum atomic E-state index is -3.64. The fourth-order valence-electron chi connectivity index (χ4n) is 2.92. The Morgan fingerprint density at radius 2 is 1.59 bits per heavy atom. The van der Waals surface area contributed by atoms with Crippen LogP contribution in [0.3, 0.4) is 0 Å². The number of rotatable bonds is 4. The number of nitrogens with zero attached hydrogens (tertiary/aromatic N) is 1. The van der Waals surface area contributed by atoms with E-state index in [-0.39, 0.29) is 4.90 Å². The van der Waals surface area contributed by atoms with Crippen LogP contribution in [0.1, 0.15) is 0 Å². The standard InChI is InChI=1S/C21H15IN2O2S/c22-20-11-10-16(24-27(25,26)17-7-2-1-3-8-17)14-19(20)21-18-9-5-4-6-15(18)12-13-23-21/h1-14,24H. The predicted molar refractivity (Wildman–Crippen MR) is 117 cm³/mol. The van der Waals surface area contributed by atoms with Gasteiger partial charge in [-0.25, -0.2) is 8.42 Å². The number of hydrogen-bond donors (Lipinski definition) is 1. The van der Waals surface area contributed by atoms with E-state index in [9.17, 15) is 8.42 Å². The predicted octanol–water partition coefficient (Wildman–Crippen LogP) is 5.31. The third-order valence-corrected chi connectivity index (χ3v) is 6.54. The third kappa shape index (κ3) is 3.68. The minimum Gasteiger partial charge on any atom is -0.280 e. The largest absolute Gasteiger partial charge is 0.280 e. The maximum atomic E-state index is 12.6. The summed E-state index contributed by atoms with van der Waals surface area (Å²) >= 11 is 2.24. The molecule has 3 aromatic carbocycles. The quantitative estimate of drug-likeness (QED) is 0.398. The topological polar surface area (TPSA) is 59.1 Å². The monoisotopic (exact) mass is 486 g/mol. The van der Waals surface area contributed by atoms with Crippen LogP contribution in [0.4, 0.5) is 5.69 Å². The summed E-state index contributed by atoms with van der Waals surface area (Å²) in [6, 6.07) is 23.8. The molecule has 0 aliphatic heterocycles. The van der Waals surface area contributed by atoms with Crippen LogP contribution in [-0.4, -0.2) is 13.4 Å². The van der Waals surface area contributed by atoms with Gasteiger partial charge in [-0.2, -0.15) is 0 Å². The summed E-state index contributed by atoms with van der Waals surface area (Å²) in [4.78, 5) is 4.78. The Balaban J connectivity index is 1.79. The summed E-state index contributed by atoms with van der Waals surface area (Å²) in [5.41, 5.74) is 2.22. The van der Waals surface area contributed by atoms with Gasteiger partial charge in [-0.3, -0.25) is 9.71 Å². The number of hydrogen-bond acceptors (Lipinski definition) is 3. The number of nitrogens with one attached hydrogen (secondary N) is 1. The summed E-state index contributed by atoms with van der Waals surface area (Å²) in [5.74, 6) is 0. The van der Waals surface area contributed by atoms with Crippen molar-refractivity contribution in [3.8, 4) is 11.3 Å². The van der Waals surface area contributed by atoms with Gasteiger partial charge in [0.15, 0.2) is 0 Å². The number of fused-ring (bicyclic) bond motifs is 1. The first-order chi connectivity index (χ1) is 13.0. The molecule has 0 saturated carbocycles. The molecular formula is C21H15IN2O2S. The second-order valence-corrected chi connectivity index (χ2v) is 8.84. The van der Waals surface area contributed by atoms with Gasteiger partial charge in [0.2, 0.25) is 0 Å². The van der Waals surface area contributed by atoms with Gasteiger partial charge < -0.3 is 0 Å². The van der Waals surface area contributed by atoms with Gasteiger partial charge >= 0.3 is 0 Å². The first-order valence-electron chi connectivity index (χ1n) is 8.26. The van der Waals surface area contributed by atoms with E-state index in [1.54, 1.807) is 42.6 Å². The summed E-state index contributed by atoms with van der Waals surface area (Å²) in [7, 11) is -3.64. The molecule has 0 fully saturated rings. The molecule has 0 radical (unpaired) electrons. The van der Waals surface area contributed by atoms with Gasteiger partial charge in [-0.1, -0.05) is 42.5 Å². The SMILES string of the molecule is O=S(=O)(Nc1ccc(I)c(-c2nccc3ccccc23)c1)c1ccccc1. The summed E-state index contributed by atoms with van der Waals surface area (Å²) in [5, 5.41) is 2.12. The van der Waals surface area contributed by atoms with Crippen LogP contribution in [0, 0.1) is 3.57 Å². The highest BCUT2D eigenvalue weighted by Crippen LogP contribution is 2.32. The molecule has 0 atom stereocenters. The maximum absolute atomic E-state index is 12.6. The van der Waals surface area contributed by atoms with Crippen LogP contribution in [-0.2, 0) is 10.0 Å². The van der Waals surface area contributed by atoms with E-state index in [0.29, 0.717) is 5.69 Å². The highest BCUT2D eigenvalue weighted by atomic mass is 127. The molecule has 1 aromatic heterocycles. The van der Waals surface area contributed by atoms with Crippen LogP contribution < -0.4 is 4.72 Å². The molecule has 4 aromatic rings. The average molecular weight is 486 g/mol. The molecule has 134 valence electrons. The first-order valence-corrected chi connectivity index (χ1v) is 10.8. The van der Waals surface area contributed by atoms with Crippen LogP contribution >= 0.6 is 22.6 Å². The van der Waals surface area contributed by atoms with E-state index in [4.69, 9.17) is 0 Å². The minimum absolute atomic E-state index is 0.230. The second kappa shape index (κ2) is 7.28. The van der Waals surface area contributed by atoms with Gasteiger partial charge in [0.25, 0.3) is 10.0 Å². The summed E-state index contributed by atoms with van der Waals surface area (Å²) in [6.45, 7) is 0. The lowest BCUT2D eigenvalue weighted by Gasteiger charge is -2.12. The number of halogens is 1. The number of benzene rings is 3. The first kappa shape index (κ1) is 17.9. The Morgan fingerprint density at radius 3 is 2.41 bits per heavy atom. The number of anilines is 1. The molecule has 0 bridgehead atoms. The molecule has 1 N–H and O–H groups in total. The van der Waals surface area contributed by atoms with Crippen molar-refractivity contribution in [2.75, 3.05) is 4.72 Å². The van der Waals surface area contributed by atoms with Gasteiger partial charge in [0.1, 0.15) is 0 Å². The molecule has 6 heteroatoms. The van der Waals surface area contributed by atoms with E-state index in [0.717, 1.165) is 25.6 Å². The van der Waals surface area contributed by atoms with E-state index >= 15 is 0 Å². The van der Waals surface area contributed by atoms with Crippen molar-refractivity contribution in [1.29, 1.82) is 0 Å². The number of pyridine rings is 1. The maximum Gasteiger partial charge on any atom is 0.261 e. The zero-order valence-corrected chi connectivity index (χ0v) is 17.1. The fraction of sp³-hybridized carbons (Fsp3) is 0. The highest BCUT2D eigenvalue weighted by molar-refractivity contribution is 14.1. The highest BCUT2D eigenvalue weighted by Gasteiger charge is 2.15. The van der Waals surface area contributed by atoms with Gasteiger partial charge in [-0.15, -0.1) is 0 Å². The van der Waals surface area contributed by atoms with Gasteiger partial charge in [-0.05, 0) is 64.4 Å². The molecule has 4 rings (SSSR count). The van der Waals surface area contributed by atoms with Crippen LogP contribution in [0.5, 0.6) is 0 Å². The van der Waals surface area contributed by atoms with Crippen LogP contribution in [0.2, 0.25) is 0 Å². The van der Waals surface area contributed by atoms with E-state index in [1.165, 1.54) is 0 Å². The molecule has 0 saturated heterocycles. The van der Waals surface area contributed by atoms with Crippen LogP contribution in [0.15, 0.2) is 90.0 Å². The lowest BCUT2D eigenvalue weighted by atomic mass is 10.0. The van der Waals surface area contributed by atoms with Gasteiger partial charge in [0, 0.05) is 26.4 Å². The third-order valence-electron chi connectivity index (χ3n) is 4.20. The Kier molecular flexibility index (Phi) is 4.84. The van der Waals surface area contributed by atoms with E-state index in [1.807, 2.05) is 42.5 Å². The molecule has 4 nitrogen and oxygen atoms in total. The Hall–Kier alpha value is -2.45. The molecular weight excluding hydrogens is 471 g/mol. The smallest absolute Gasteiger partial charge is 0.261 e. The zero-order chi connectivity index (χ0) is 18.9. The summed E-state index contributed by atoms with van der Waals surface area (Å²) in [6.07, 6.45) is 1.77. The second-order valence-electron chi connectivity index (χ2n) is 5.99. The summed E-state index contributed by atoms with van der Waals surface area (Å²) < 4.78 is 28.9. The van der Waals surface area contributed by atoms with Gasteiger partial charge in [0.05, 0.1) is 10.6 Å². The van der Waals surface area contributed by atoms with Crippen molar-refractivity contribution in [3.05, 3.63) is 88.6 Å². The number of sulfonamides is 1. The number of aromatic nitrogens is 1. The molecule has 0 aliphatic carbocycles. The molecule has 0 unspecified atom stereocenters. The lowest BCUT2D eigenvalue weighted by Crippen LogP contribution is -2.12. The van der Waals surface area contributed by atoms with Crippen molar-refractivity contribution in [2.45, 2.75) is 4.90 Å². The molecule has 0 amide bonds. The molecule has 0 aliphatic rings. The van der Waals surface area contributed by atoms with E-state index in [2.05, 4.69) is 32.3 Å². The average Bonchev–Trinajstić information content (AvgIpc) is 2.69. The Morgan fingerprint density at radius 1 is 0.852 bits per heavy atom. The normalized spacial score (nSPS) is 11.4. The lowest BCUT2D eigenvalue weighted by molar-refractivity contribution is 0.601. The van der Waals surface area contributed by atoms with Crippen molar-refractivity contribution >= 4 is 49.1 Å². The molecule has 27 heavy (non-hydrogen) atoms. The Labute approximate surface area is 171 Å². The van der Waals surface area contributed by atoms with E-state index < -0.39 is 10.0 Å². The van der Waals surface area contributed by atoms with Crippen molar-refractivity contribution in [3.63, 3.8) is 0 Å². The zero-order valence-electron chi connectivity index (χ0n) is 14.1. The van der Waals surface area contributed by atoms with Crippen molar-refractivity contribution in [1.82, 2.24) is 4.98 Å². The molecule has 0 spiro atoms. The Bertz CT molecular complexity index is 1220. The van der Waals surface area contributed by atoms with Crippen LogP contribution in [0.25, 0.3) is 22.0 Å².